The zero-order chi connectivity index (χ0) is 41.0. The maximum absolute atomic E-state index is 17.3. The number of rotatable bonds is 8. The molecular formula is C46H57F2N5O6. The van der Waals surface area contributed by atoms with Crippen molar-refractivity contribution in [2.45, 2.75) is 114 Å². The smallest absolute Gasteiger partial charge is 0.319 e. The number of benzene rings is 2. The van der Waals surface area contributed by atoms with Crippen LogP contribution in [0.1, 0.15) is 91.0 Å². The zero-order valence-corrected chi connectivity index (χ0v) is 34.8. The molecule has 0 unspecified atom stereocenters. The van der Waals surface area contributed by atoms with E-state index in [1.165, 1.54) is 18.3 Å². The number of phenolic OH excluding ortho intramolecular Hbond substituents is 1. The summed E-state index contributed by atoms with van der Waals surface area (Å²) in [6, 6.07) is 5.98. The molecule has 11 rings (SSSR count). The molecule has 59 heavy (non-hydrogen) atoms. The predicted molar refractivity (Wildman–Crippen MR) is 220 cm³/mol. The van der Waals surface area contributed by atoms with Gasteiger partial charge in [-0.3, -0.25) is 9.88 Å². The van der Waals surface area contributed by atoms with E-state index in [-0.39, 0.29) is 69.3 Å². The van der Waals surface area contributed by atoms with Gasteiger partial charge in [-0.15, -0.1) is 0 Å². The summed E-state index contributed by atoms with van der Waals surface area (Å²) in [4.78, 5) is 19.0. The lowest BCUT2D eigenvalue weighted by atomic mass is 9.54. The fourth-order valence-corrected chi connectivity index (χ4v) is 12.8. The molecule has 3 atom stereocenters. The maximum atomic E-state index is 17.3. The molecule has 5 saturated heterocycles. The number of ether oxygens (including phenoxy) is 4. The number of likely N-dealkylation sites (tertiary alicyclic amines) is 1. The summed E-state index contributed by atoms with van der Waals surface area (Å²) in [6.07, 6.45) is 11.2. The molecule has 7 aliphatic rings. The van der Waals surface area contributed by atoms with Gasteiger partial charge in [0, 0.05) is 67.3 Å². The van der Waals surface area contributed by atoms with Crippen LogP contribution < -0.4 is 9.64 Å². The molecule has 0 amide bonds. The van der Waals surface area contributed by atoms with E-state index in [0.717, 1.165) is 84.1 Å². The fraction of sp³-hybridized carbons (Fsp3) is 0.630. The molecule has 0 radical (unpaired) electrons. The number of aryl methyl sites for hydroxylation is 1. The minimum absolute atomic E-state index is 0.00201. The second-order valence-electron chi connectivity index (χ2n) is 19.5. The van der Waals surface area contributed by atoms with E-state index >= 15 is 8.78 Å². The van der Waals surface area contributed by atoms with Crippen LogP contribution in [0.4, 0.5) is 14.6 Å². The highest BCUT2D eigenvalue weighted by molar-refractivity contribution is 6.01. The van der Waals surface area contributed by atoms with Crippen molar-refractivity contribution in [1.29, 1.82) is 0 Å². The third-order valence-corrected chi connectivity index (χ3v) is 15.5. The molecule has 2 aliphatic carbocycles. The van der Waals surface area contributed by atoms with Crippen LogP contribution in [-0.2, 0) is 20.6 Å². The van der Waals surface area contributed by atoms with Crippen LogP contribution in [0, 0.1) is 22.5 Å². The van der Waals surface area contributed by atoms with Crippen LogP contribution in [0.3, 0.4) is 0 Å². The first-order valence-electron chi connectivity index (χ1n) is 21.7. The van der Waals surface area contributed by atoms with E-state index in [2.05, 4.69) is 23.7 Å². The van der Waals surface area contributed by atoms with Gasteiger partial charge in [-0.05, 0) is 107 Å². The van der Waals surface area contributed by atoms with E-state index in [1.54, 1.807) is 19.1 Å². The summed E-state index contributed by atoms with van der Waals surface area (Å²) in [7, 11) is 0. The summed E-state index contributed by atoms with van der Waals surface area (Å²) < 4.78 is 57.9. The van der Waals surface area contributed by atoms with Gasteiger partial charge < -0.3 is 34.1 Å². The Kier molecular flexibility index (Phi) is 9.27. The minimum atomic E-state index is -1.19. The number of fused-ring (bicyclic) bond motifs is 3. The number of aromatic nitrogens is 3. The molecule has 2 aromatic heterocycles. The number of piperidine rings is 1. The van der Waals surface area contributed by atoms with E-state index in [9.17, 15) is 10.2 Å². The van der Waals surface area contributed by atoms with Gasteiger partial charge in [0.1, 0.15) is 34.2 Å². The van der Waals surface area contributed by atoms with Crippen molar-refractivity contribution < 1.29 is 37.9 Å². The quantitative estimate of drug-likeness (QED) is 0.184. The SMILES string of the molecule is CCc1c(F)ccc2cc(O)cc(-c3ncc4c(N5CCOC[C@@](C)(O)C5)nc(OC[C@@]56CCCN(CC78CC(C)(C7)OC87CCOCC7)[C@]5(C)CCC6)nc4c3F)c12. The van der Waals surface area contributed by atoms with Crippen LogP contribution in [0.25, 0.3) is 32.9 Å². The molecule has 13 heteroatoms. The third-order valence-electron chi connectivity index (χ3n) is 15.5. The van der Waals surface area contributed by atoms with Crippen molar-refractivity contribution in [3.05, 3.63) is 47.7 Å². The maximum Gasteiger partial charge on any atom is 0.319 e. The molecular weight excluding hydrogens is 757 g/mol. The standard InChI is InChI=1S/C46H57F2N5O6/c1-5-31-34(47)9-8-29-20-30(54)21-32(35(29)31)37-36(48)38-33(22-49-37)39(52-16-19-57-27-41(2,55)25-52)51-40(50-38)58-28-44-11-6-10-43(44,4)53(15-7-12-44)26-45-23-42(3,24-45)59-46(45)13-17-56-18-14-46/h8-9,20-22,54-55H,5-7,10-19,23-28H2,1-4H3/t41-,42?,43+,44+,45?/m0/s1. The van der Waals surface area contributed by atoms with Gasteiger partial charge in [0.15, 0.2) is 5.82 Å². The molecule has 11 nitrogen and oxygen atoms in total. The molecule has 2 N–H and O–H groups in total. The van der Waals surface area contributed by atoms with Gasteiger partial charge in [-0.2, -0.15) is 9.97 Å². The molecule has 7 heterocycles. The number of nitrogens with zero attached hydrogens (tertiary/aromatic N) is 5. The van der Waals surface area contributed by atoms with Crippen molar-refractivity contribution in [3.63, 3.8) is 0 Å². The van der Waals surface area contributed by atoms with Crippen LogP contribution in [0.5, 0.6) is 11.8 Å². The summed E-state index contributed by atoms with van der Waals surface area (Å²) in [5, 5.41) is 23.4. The molecule has 7 fully saturated rings. The summed E-state index contributed by atoms with van der Waals surface area (Å²) in [5.74, 6) is -0.834. The second-order valence-corrected chi connectivity index (χ2v) is 19.5. The zero-order valence-electron chi connectivity index (χ0n) is 34.8. The monoisotopic (exact) mass is 813 g/mol. The van der Waals surface area contributed by atoms with E-state index < -0.39 is 17.2 Å². The van der Waals surface area contributed by atoms with Gasteiger partial charge in [0.25, 0.3) is 0 Å². The summed E-state index contributed by atoms with van der Waals surface area (Å²) in [5.41, 5.74) is -0.916. The first-order chi connectivity index (χ1) is 28.2. The fourth-order valence-electron chi connectivity index (χ4n) is 12.8. The molecule has 316 valence electrons. The number of phenols is 1. The Morgan fingerprint density at radius 2 is 1.71 bits per heavy atom. The molecule has 2 bridgehead atoms. The third kappa shape index (κ3) is 6.14. The van der Waals surface area contributed by atoms with Crippen molar-refractivity contribution in [2.24, 2.45) is 10.8 Å². The highest BCUT2D eigenvalue weighted by Gasteiger charge is 2.74. The first-order valence-corrected chi connectivity index (χ1v) is 21.7. The topological polar surface area (TPSA) is 123 Å². The first kappa shape index (κ1) is 39.4. The highest BCUT2D eigenvalue weighted by Crippen LogP contribution is 2.70. The Hall–Kier alpha value is -3.75. The predicted octanol–water partition coefficient (Wildman–Crippen LogP) is 7.50. The normalized spacial score (nSPS) is 33.0. The Morgan fingerprint density at radius 1 is 0.915 bits per heavy atom. The van der Waals surface area contributed by atoms with E-state index in [4.69, 9.17) is 28.9 Å². The van der Waals surface area contributed by atoms with Crippen molar-refractivity contribution in [1.82, 2.24) is 19.9 Å². The number of aliphatic hydroxyl groups is 1. The Labute approximate surface area is 344 Å². The lowest BCUT2D eigenvalue weighted by Crippen LogP contribution is -2.66. The lowest BCUT2D eigenvalue weighted by Gasteiger charge is -2.59. The van der Waals surface area contributed by atoms with Crippen molar-refractivity contribution >= 4 is 27.5 Å². The van der Waals surface area contributed by atoms with Crippen LogP contribution in [0.15, 0.2) is 30.5 Å². The summed E-state index contributed by atoms with van der Waals surface area (Å²) in [6.45, 7) is 13.3. The molecule has 2 saturated carbocycles. The number of halogens is 2. The van der Waals surface area contributed by atoms with E-state index in [0.29, 0.717) is 53.7 Å². The number of aromatic hydroxyl groups is 1. The number of hydrogen-bond donors (Lipinski definition) is 2. The highest BCUT2D eigenvalue weighted by atomic mass is 19.1. The van der Waals surface area contributed by atoms with Gasteiger partial charge >= 0.3 is 6.01 Å². The Bertz CT molecular complexity index is 2310. The van der Waals surface area contributed by atoms with E-state index in [1.807, 2.05) is 11.8 Å². The van der Waals surface area contributed by atoms with Crippen LogP contribution in [0.2, 0.25) is 0 Å². The summed E-state index contributed by atoms with van der Waals surface area (Å²) >= 11 is 0. The number of β-amino-alcohol motifs (C(OH)–C–C–N with tert-alkyl or cyclic N) is 1. The van der Waals surface area contributed by atoms with Gasteiger partial charge in [-0.25, -0.2) is 8.78 Å². The number of pyridine rings is 1. The number of anilines is 1. The second kappa shape index (κ2) is 13.9. The van der Waals surface area contributed by atoms with Crippen molar-refractivity contribution in [3.8, 4) is 23.0 Å². The Balaban J connectivity index is 1.03. The van der Waals surface area contributed by atoms with Crippen molar-refractivity contribution in [2.75, 3.05) is 64.1 Å². The van der Waals surface area contributed by atoms with Crippen LogP contribution in [-0.4, -0.2) is 112 Å². The molecule has 5 aliphatic heterocycles. The molecule has 4 aromatic rings. The largest absolute Gasteiger partial charge is 0.508 e. The van der Waals surface area contributed by atoms with Gasteiger partial charge in [-0.1, -0.05) is 19.4 Å². The average molecular weight is 814 g/mol. The average Bonchev–Trinajstić information content (AvgIpc) is 3.67. The number of hydrogen-bond acceptors (Lipinski definition) is 11. The van der Waals surface area contributed by atoms with Gasteiger partial charge in [0.2, 0.25) is 0 Å². The molecule has 2 aromatic carbocycles. The van der Waals surface area contributed by atoms with Crippen LogP contribution >= 0.6 is 0 Å². The minimum Gasteiger partial charge on any atom is -0.508 e. The van der Waals surface area contributed by atoms with Gasteiger partial charge in [0.05, 0.1) is 43.0 Å². The Morgan fingerprint density at radius 3 is 2.51 bits per heavy atom. The molecule has 1 spiro atoms. The lowest BCUT2D eigenvalue weighted by molar-refractivity contribution is -0.132.